The van der Waals surface area contributed by atoms with Crippen molar-refractivity contribution in [2.45, 2.75) is 63.3 Å². The van der Waals surface area contributed by atoms with E-state index in [2.05, 4.69) is 9.89 Å². The molecule has 1 amide bonds. The van der Waals surface area contributed by atoms with Crippen molar-refractivity contribution in [2.75, 3.05) is 11.5 Å². The van der Waals surface area contributed by atoms with Gasteiger partial charge in [0, 0.05) is 17.2 Å². The van der Waals surface area contributed by atoms with Crippen LogP contribution in [0.25, 0.3) is 0 Å². The van der Waals surface area contributed by atoms with Gasteiger partial charge in [0.25, 0.3) is 5.91 Å². The van der Waals surface area contributed by atoms with Gasteiger partial charge in [0.1, 0.15) is 0 Å². The number of amidine groups is 1. The van der Waals surface area contributed by atoms with Crippen LogP contribution < -0.4 is 0 Å². The van der Waals surface area contributed by atoms with Crippen LogP contribution in [-0.2, 0) is 14.6 Å². The highest BCUT2D eigenvalue weighted by atomic mass is 32.2. The van der Waals surface area contributed by atoms with E-state index in [-0.39, 0.29) is 34.6 Å². The fraction of sp³-hybridized carbons (Fsp3) is 0.882. The number of carbonyl (C=O) groups is 1. The third-order valence-corrected chi connectivity index (χ3v) is 9.63. The van der Waals surface area contributed by atoms with E-state index < -0.39 is 9.84 Å². The normalized spacial score (nSPS) is 42.7. The van der Waals surface area contributed by atoms with Crippen molar-refractivity contribution in [3.8, 4) is 0 Å². The van der Waals surface area contributed by atoms with E-state index in [0.717, 1.165) is 23.9 Å². The largest absolute Gasteiger partial charge is 0.343 e. The van der Waals surface area contributed by atoms with Crippen molar-refractivity contribution < 1.29 is 13.2 Å². The quantitative estimate of drug-likeness (QED) is 0.763. The molecule has 24 heavy (non-hydrogen) atoms. The summed E-state index contributed by atoms with van der Waals surface area (Å²) >= 11 is 1.54. The molecule has 6 atom stereocenters. The average molecular weight is 371 g/mol. The molecule has 0 N–H and O–H groups in total. The number of rotatable bonds is 3. The molecule has 0 aromatic carbocycles. The summed E-state index contributed by atoms with van der Waals surface area (Å²) in [6.45, 7) is 3.92. The van der Waals surface area contributed by atoms with Crippen LogP contribution in [-0.4, -0.2) is 53.2 Å². The maximum absolute atomic E-state index is 12.4. The van der Waals surface area contributed by atoms with Crippen LogP contribution in [0.1, 0.15) is 46.0 Å². The highest BCUT2D eigenvalue weighted by molar-refractivity contribution is 8.15. The molecule has 5 nitrogen and oxygen atoms in total. The Hall–Kier alpha value is -0.560. The Morgan fingerprint density at radius 2 is 2.08 bits per heavy atom. The van der Waals surface area contributed by atoms with Gasteiger partial charge >= 0.3 is 0 Å². The Labute approximate surface area is 148 Å². The van der Waals surface area contributed by atoms with Crippen molar-refractivity contribution in [1.29, 1.82) is 0 Å². The van der Waals surface area contributed by atoms with Crippen LogP contribution in [0.4, 0.5) is 0 Å². The van der Waals surface area contributed by atoms with Crippen molar-refractivity contribution in [3.63, 3.8) is 0 Å². The van der Waals surface area contributed by atoms with Crippen LogP contribution in [0, 0.1) is 17.8 Å². The summed E-state index contributed by atoms with van der Waals surface area (Å²) in [6, 6.07) is 0.413. The lowest BCUT2D eigenvalue weighted by atomic mass is 9.93. The van der Waals surface area contributed by atoms with Gasteiger partial charge in [0.05, 0.1) is 17.5 Å². The highest BCUT2D eigenvalue weighted by Crippen LogP contribution is 2.51. The van der Waals surface area contributed by atoms with E-state index in [0.29, 0.717) is 12.0 Å². The second kappa shape index (κ2) is 6.01. The lowest BCUT2D eigenvalue weighted by Gasteiger charge is -2.36. The topological polar surface area (TPSA) is 66.8 Å². The van der Waals surface area contributed by atoms with Gasteiger partial charge in [-0.05, 0) is 37.5 Å². The molecule has 2 saturated carbocycles. The smallest absolute Gasteiger partial charge is 0.250 e. The molecule has 4 fully saturated rings. The summed E-state index contributed by atoms with van der Waals surface area (Å²) in [4.78, 5) is 19.1. The van der Waals surface area contributed by atoms with E-state index in [1.165, 1.54) is 31.0 Å². The molecule has 4 aliphatic rings. The Morgan fingerprint density at radius 1 is 1.29 bits per heavy atom. The summed E-state index contributed by atoms with van der Waals surface area (Å²) < 4.78 is 24.2. The molecule has 2 saturated heterocycles. The van der Waals surface area contributed by atoms with Crippen LogP contribution in [0.3, 0.4) is 0 Å². The molecule has 0 aromatic heterocycles. The summed E-state index contributed by atoms with van der Waals surface area (Å²) in [5.41, 5.74) is 0. The minimum absolute atomic E-state index is 0.0211. The highest BCUT2D eigenvalue weighted by Gasteiger charge is 2.54. The fourth-order valence-corrected chi connectivity index (χ4v) is 8.89. The number of fused-ring (bicyclic) bond motifs is 3. The lowest BCUT2D eigenvalue weighted by molar-refractivity contribution is -0.121. The molecular weight excluding hydrogens is 344 g/mol. The zero-order valence-corrected chi connectivity index (χ0v) is 16.0. The second-order valence-corrected chi connectivity index (χ2v) is 11.4. The maximum Gasteiger partial charge on any atom is 0.250 e. The fourth-order valence-electron chi connectivity index (χ4n) is 4.91. The Morgan fingerprint density at radius 3 is 2.71 bits per heavy atom. The first-order valence-electron chi connectivity index (χ1n) is 9.16. The lowest BCUT2D eigenvalue weighted by Crippen LogP contribution is -2.47. The third-order valence-electron chi connectivity index (χ3n) is 6.40. The Balaban J connectivity index is 1.64. The monoisotopic (exact) mass is 370 g/mol. The van der Waals surface area contributed by atoms with Gasteiger partial charge in [-0.1, -0.05) is 32.0 Å². The Bertz CT molecular complexity index is 675. The molecule has 134 valence electrons. The number of hydrogen-bond acceptors (Lipinski definition) is 4. The molecule has 2 aliphatic carbocycles. The van der Waals surface area contributed by atoms with Gasteiger partial charge in [-0.3, -0.25) is 4.79 Å². The van der Waals surface area contributed by atoms with Gasteiger partial charge in [0.2, 0.25) is 0 Å². The molecule has 0 aromatic rings. The Kier molecular flexibility index (Phi) is 4.23. The molecule has 2 heterocycles. The standard InChI is InChI=1S/C17H26N2O3S2/c1-3-10(2)16(20)18-17-19(13-7-11-4-5-12(13)6-11)14-8-24(21,22)9-15(14)23-17/h10-15H,3-9H2,1-2H3/t10-,11-,12-,13-,14+,15+/m1/s1. The summed E-state index contributed by atoms with van der Waals surface area (Å²) in [5, 5.41) is 0.861. The number of nitrogens with zero attached hydrogens (tertiary/aromatic N) is 2. The third kappa shape index (κ3) is 2.81. The van der Waals surface area contributed by atoms with E-state index in [1.54, 1.807) is 0 Å². The minimum Gasteiger partial charge on any atom is -0.343 e. The van der Waals surface area contributed by atoms with E-state index in [9.17, 15) is 13.2 Å². The molecule has 7 heteroatoms. The molecule has 2 bridgehead atoms. The summed E-state index contributed by atoms with van der Waals surface area (Å²) in [5.74, 6) is 1.78. The summed E-state index contributed by atoms with van der Waals surface area (Å²) in [7, 11) is -2.96. The zero-order valence-electron chi connectivity index (χ0n) is 14.3. The van der Waals surface area contributed by atoms with Crippen molar-refractivity contribution >= 4 is 32.7 Å². The first-order chi connectivity index (χ1) is 11.4. The van der Waals surface area contributed by atoms with Gasteiger partial charge in [0.15, 0.2) is 15.0 Å². The van der Waals surface area contributed by atoms with Crippen LogP contribution in [0.15, 0.2) is 4.99 Å². The molecule has 4 rings (SSSR count). The number of aliphatic imine (C=N–C) groups is 1. The van der Waals surface area contributed by atoms with Gasteiger partial charge in [-0.15, -0.1) is 0 Å². The zero-order chi connectivity index (χ0) is 17.1. The molecule has 2 aliphatic heterocycles. The van der Waals surface area contributed by atoms with Crippen LogP contribution >= 0.6 is 11.8 Å². The van der Waals surface area contributed by atoms with Gasteiger partial charge in [-0.25, -0.2) is 8.42 Å². The molecular formula is C17H26N2O3S2. The predicted molar refractivity (Wildman–Crippen MR) is 96.8 cm³/mol. The second-order valence-electron chi connectivity index (χ2n) is 7.99. The van der Waals surface area contributed by atoms with Crippen molar-refractivity contribution in [1.82, 2.24) is 4.90 Å². The number of carbonyl (C=O) groups excluding carboxylic acids is 1. The minimum atomic E-state index is -2.96. The van der Waals surface area contributed by atoms with Crippen LogP contribution in [0.2, 0.25) is 0 Å². The number of hydrogen-bond donors (Lipinski definition) is 0. The molecule has 0 unspecified atom stereocenters. The summed E-state index contributed by atoms with van der Waals surface area (Å²) in [6.07, 6.45) is 5.75. The SMILES string of the molecule is CC[C@@H](C)C(=O)N=C1S[C@H]2CS(=O)(=O)C[C@@H]2N1[C@@H]1C[C@@H]2CC[C@@H]1C2. The van der Waals surface area contributed by atoms with Gasteiger partial charge < -0.3 is 4.90 Å². The average Bonchev–Trinajstić information content (AvgIpc) is 3.25. The van der Waals surface area contributed by atoms with Crippen molar-refractivity contribution in [2.24, 2.45) is 22.7 Å². The van der Waals surface area contributed by atoms with Crippen molar-refractivity contribution in [3.05, 3.63) is 0 Å². The number of sulfone groups is 1. The maximum atomic E-state index is 12.4. The van der Waals surface area contributed by atoms with E-state index >= 15 is 0 Å². The molecule has 0 radical (unpaired) electrons. The van der Waals surface area contributed by atoms with E-state index in [4.69, 9.17) is 0 Å². The van der Waals surface area contributed by atoms with Crippen LogP contribution in [0.5, 0.6) is 0 Å². The number of thioether (sulfide) groups is 1. The van der Waals surface area contributed by atoms with Gasteiger partial charge in [-0.2, -0.15) is 4.99 Å². The molecule has 0 spiro atoms. The van der Waals surface area contributed by atoms with E-state index in [1.807, 2.05) is 13.8 Å². The first kappa shape index (κ1) is 16.9. The predicted octanol–water partition coefficient (Wildman–Crippen LogP) is 2.32. The first-order valence-corrected chi connectivity index (χ1v) is 11.9. The number of amides is 1.